The normalized spacial score (nSPS) is 10.6. The van der Waals surface area contributed by atoms with Crippen LogP contribution < -0.4 is 14.9 Å². The minimum Gasteiger partial charge on any atom is -0.493 e. The second-order valence-electron chi connectivity index (χ2n) is 4.44. The Morgan fingerprint density at radius 3 is 2.52 bits per heavy atom. The molecule has 0 saturated heterocycles. The van der Waals surface area contributed by atoms with Crippen LogP contribution in [0.1, 0.15) is 15.9 Å². The number of carbonyl (C=O) groups excluding carboxylic acids is 1. The summed E-state index contributed by atoms with van der Waals surface area (Å²) in [7, 11) is 3.07. The molecule has 0 radical (unpaired) electrons. The molecule has 2 aromatic carbocycles. The molecule has 0 heterocycles. The van der Waals surface area contributed by atoms with Gasteiger partial charge in [-0.15, -0.1) is 0 Å². The molecule has 1 N–H and O–H groups in total. The summed E-state index contributed by atoms with van der Waals surface area (Å²) in [6.45, 7) is 0. The van der Waals surface area contributed by atoms with Crippen LogP contribution in [0.25, 0.3) is 0 Å². The molecule has 23 heavy (non-hydrogen) atoms. The fraction of sp³-hybridized carbons (Fsp3) is 0.125. The van der Waals surface area contributed by atoms with E-state index in [0.717, 1.165) is 0 Å². The number of nitrogens with zero attached hydrogens (tertiary/aromatic N) is 1. The van der Waals surface area contributed by atoms with Crippen molar-refractivity contribution in [3.05, 3.63) is 57.8 Å². The Morgan fingerprint density at radius 1 is 1.22 bits per heavy atom. The Bertz CT molecular complexity index is 733. The maximum absolute atomic E-state index is 12.8. The van der Waals surface area contributed by atoms with Gasteiger partial charge in [-0.05, 0) is 57.9 Å². The van der Waals surface area contributed by atoms with E-state index in [2.05, 4.69) is 26.5 Å². The first-order valence-electron chi connectivity index (χ1n) is 6.55. The highest BCUT2D eigenvalue weighted by molar-refractivity contribution is 9.10. The van der Waals surface area contributed by atoms with Gasteiger partial charge in [-0.25, -0.2) is 9.82 Å². The van der Waals surface area contributed by atoms with E-state index in [9.17, 15) is 9.18 Å². The van der Waals surface area contributed by atoms with Gasteiger partial charge in [-0.1, -0.05) is 0 Å². The monoisotopic (exact) mass is 380 g/mol. The van der Waals surface area contributed by atoms with Gasteiger partial charge < -0.3 is 9.47 Å². The third kappa shape index (κ3) is 4.29. The van der Waals surface area contributed by atoms with Crippen LogP contribution in [0.5, 0.6) is 11.5 Å². The van der Waals surface area contributed by atoms with E-state index in [1.54, 1.807) is 19.2 Å². The summed E-state index contributed by atoms with van der Waals surface area (Å²) in [5.74, 6) is 0.272. The molecule has 0 aliphatic carbocycles. The zero-order valence-corrected chi connectivity index (χ0v) is 14.1. The SMILES string of the molecule is COc1cc(/C=N/NC(=O)c2ccc(F)cc2)cc(Br)c1OC. The molecule has 0 bridgehead atoms. The average Bonchev–Trinajstić information content (AvgIpc) is 2.54. The maximum atomic E-state index is 12.8. The molecule has 1 amide bonds. The fourth-order valence-electron chi connectivity index (χ4n) is 1.84. The molecular formula is C16H14BrFN2O3. The predicted molar refractivity (Wildman–Crippen MR) is 88.7 cm³/mol. The van der Waals surface area contributed by atoms with Crippen LogP contribution in [0.2, 0.25) is 0 Å². The van der Waals surface area contributed by atoms with Crippen molar-refractivity contribution < 1.29 is 18.7 Å². The Morgan fingerprint density at radius 2 is 1.91 bits per heavy atom. The number of carbonyl (C=O) groups is 1. The first-order chi connectivity index (χ1) is 11.0. The van der Waals surface area contributed by atoms with Crippen molar-refractivity contribution in [3.8, 4) is 11.5 Å². The number of amides is 1. The van der Waals surface area contributed by atoms with Crippen LogP contribution in [0, 0.1) is 5.82 Å². The van der Waals surface area contributed by atoms with Crippen LogP contribution >= 0.6 is 15.9 Å². The summed E-state index contributed by atoms with van der Waals surface area (Å²) in [6, 6.07) is 8.68. The van der Waals surface area contributed by atoms with Crippen molar-refractivity contribution in [3.63, 3.8) is 0 Å². The lowest BCUT2D eigenvalue weighted by atomic mass is 10.2. The average molecular weight is 381 g/mol. The highest BCUT2D eigenvalue weighted by Crippen LogP contribution is 2.35. The second-order valence-corrected chi connectivity index (χ2v) is 5.30. The highest BCUT2D eigenvalue weighted by atomic mass is 79.9. The molecule has 0 atom stereocenters. The summed E-state index contributed by atoms with van der Waals surface area (Å²) in [4.78, 5) is 11.8. The summed E-state index contributed by atoms with van der Waals surface area (Å²) < 4.78 is 23.9. The largest absolute Gasteiger partial charge is 0.493 e. The van der Waals surface area contributed by atoms with Crippen LogP contribution in [0.15, 0.2) is 46.0 Å². The van der Waals surface area contributed by atoms with Crippen molar-refractivity contribution in [2.75, 3.05) is 14.2 Å². The number of hydrogen-bond donors (Lipinski definition) is 1. The smallest absolute Gasteiger partial charge is 0.271 e. The van der Waals surface area contributed by atoms with Gasteiger partial charge in [0.2, 0.25) is 0 Å². The zero-order valence-electron chi connectivity index (χ0n) is 12.5. The molecular weight excluding hydrogens is 367 g/mol. The molecule has 0 unspecified atom stereocenters. The predicted octanol–water partition coefficient (Wildman–Crippen LogP) is 3.37. The maximum Gasteiger partial charge on any atom is 0.271 e. The minimum absolute atomic E-state index is 0.317. The summed E-state index contributed by atoms with van der Waals surface area (Å²) in [5, 5.41) is 3.88. The van der Waals surface area contributed by atoms with Crippen LogP contribution in [0.4, 0.5) is 4.39 Å². The van der Waals surface area contributed by atoms with Crippen molar-refractivity contribution in [1.29, 1.82) is 0 Å². The first-order valence-corrected chi connectivity index (χ1v) is 7.35. The standard InChI is InChI=1S/C16H14BrFN2O3/c1-22-14-8-10(7-13(17)15(14)23-2)9-19-20-16(21)11-3-5-12(18)6-4-11/h3-9H,1-2H3,(H,20,21)/b19-9+. The third-order valence-corrected chi connectivity index (χ3v) is 3.53. The van der Waals surface area contributed by atoms with Gasteiger partial charge in [0.05, 0.1) is 24.9 Å². The van der Waals surface area contributed by atoms with Crippen LogP contribution in [-0.2, 0) is 0 Å². The topological polar surface area (TPSA) is 59.9 Å². The molecule has 0 spiro atoms. The van der Waals surface area contributed by atoms with Crippen molar-refractivity contribution in [1.82, 2.24) is 5.43 Å². The van der Waals surface area contributed by atoms with E-state index in [-0.39, 0.29) is 0 Å². The Labute approximate surface area is 141 Å². The third-order valence-electron chi connectivity index (χ3n) is 2.94. The number of hydrogen-bond acceptors (Lipinski definition) is 4. The van der Waals surface area contributed by atoms with Gasteiger partial charge in [0.15, 0.2) is 11.5 Å². The van der Waals surface area contributed by atoms with Gasteiger partial charge >= 0.3 is 0 Å². The van der Waals surface area contributed by atoms with Crippen molar-refractivity contribution in [2.24, 2.45) is 5.10 Å². The van der Waals surface area contributed by atoms with E-state index < -0.39 is 11.7 Å². The molecule has 2 rings (SSSR count). The van der Waals surface area contributed by atoms with E-state index in [1.807, 2.05) is 0 Å². The fourth-order valence-corrected chi connectivity index (χ4v) is 2.47. The van der Waals surface area contributed by atoms with Gasteiger partial charge in [0.25, 0.3) is 5.91 Å². The Balaban J connectivity index is 2.10. The number of methoxy groups -OCH3 is 2. The lowest BCUT2D eigenvalue weighted by Crippen LogP contribution is -2.17. The van der Waals surface area contributed by atoms with Gasteiger partial charge in [0, 0.05) is 5.56 Å². The molecule has 7 heteroatoms. The second kappa shape index (κ2) is 7.73. The number of nitrogens with one attached hydrogen (secondary N) is 1. The quantitative estimate of drug-likeness (QED) is 0.638. The lowest BCUT2D eigenvalue weighted by Gasteiger charge is -2.10. The number of hydrazone groups is 1. The van der Waals surface area contributed by atoms with Gasteiger partial charge in [-0.2, -0.15) is 5.10 Å². The molecule has 0 fully saturated rings. The molecule has 0 aliphatic heterocycles. The van der Waals surface area contributed by atoms with Crippen molar-refractivity contribution >= 4 is 28.1 Å². The van der Waals surface area contributed by atoms with Gasteiger partial charge in [0.1, 0.15) is 5.82 Å². The zero-order chi connectivity index (χ0) is 16.8. The molecule has 0 saturated carbocycles. The molecule has 5 nitrogen and oxygen atoms in total. The van der Waals surface area contributed by atoms with E-state index >= 15 is 0 Å². The molecule has 2 aromatic rings. The molecule has 120 valence electrons. The number of benzene rings is 2. The number of rotatable bonds is 5. The molecule has 0 aromatic heterocycles. The lowest BCUT2D eigenvalue weighted by molar-refractivity contribution is 0.0955. The summed E-state index contributed by atoms with van der Waals surface area (Å²) >= 11 is 3.37. The van der Waals surface area contributed by atoms with Crippen LogP contribution in [-0.4, -0.2) is 26.3 Å². The van der Waals surface area contributed by atoms with Crippen molar-refractivity contribution in [2.45, 2.75) is 0 Å². The summed E-state index contributed by atoms with van der Waals surface area (Å²) in [5.41, 5.74) is 3.39. The van der Waals surface area contributed by atoms with Crippen LogP contribution in [0.3, 0.4) is 0 Å². The Kier molecular flexibility index (Phi) is 5.70. The highest BCUT2D eigenvalue weighted by Gasteiger charge is 2.09. The first kappa shape index (κ1) is 17.0. The van der Waals surface area contributed by atoms with E-state index in [0.29, 0.717) is 27.1 Å². The summed E-state index contributed by atoms with van der Waals surface area (Å²) in [6.07, 6.45) is 1.47. The Hall–Kier alpha value is -2.41. The van der Waals surface area contributed by atoms with E-state index in [4.69, 9.17) is 9.47 Å². The number of halogens is 2. The minimum atomic E-state index is -0.430. The van der Waals surface area contributed by atoms with Gasteiger partial charge in [-0.3, -0.25) is 4.79 Å². The number of ether oxygens (including phenoxy) is 2. The molecule has 0 aliphatic rings. The van der Waals surface area contributed by atoms with E-state index in [1.165, 1.54) is 37.6 Å².